The van der Waals surface area contributed by atoms with Crippen LogP contribution in [0.25, 0.3) is 10.9 Å². The number of rotatable bonds is 3. The van der Waals surface area contributed by atoms with E-state index in [4.69, 9.17) is 0 Å². The van der Waals surface area contributed by atoms with Gasteiger partial charge in [0.05, 0.1) is 5.56 Å². The minimum Gasteiger partial charge on any atom is -0.336 e. The van der Waals surface area contributed by atoms with Crippen LogP contribution in [0.5, 0.6) is 0 Å². The highest BCUT2D eigenvalue weighted by atomic mass is 16.2. The fraction of sp³-hybridized carbons (Fsp3) is 0.250. The maximum Gasteiger partial charge on any atom is 0.255 e. The maximum absolute atomic E-state index is 12.5. The number of benzene rings is 1. The first kappa shape index (κ1) is 16.5. The molecule has 0 unspecified atom stereocenters. The first-order valence-electron chi connectivity index (χ1n) is 8.73. The Morgan fingerprint density at radius 1 is 1.08 bits per heavy atom. The number of para-hydroxylation sites is 1. The number of carbonyl (C=O) groups is 1. The fourth-order valence-corrected chi connectivity index (χ4v) is 3.33. The molecule has 3 heterocycles. The van der Waals surface area contributed by atoms with Crippen LogP contribution >= 0.6 is 0 Å². The van der Waals surface area contributed by atoms with Crippen molar-refractivity contribution in [2.75, 3.05) is 26.2 Å². The number of nitrogens with zero attached hydrogens (tertiary/aromatic N) is 3. The smallest absolute Gasteiger partial charge is 0.255 e. The van der Waals surface area contributed by atoms with E-state index in [1.807, 2.05) is 35.2 Å². The van der Waals surface area contributed by atoms with Crippen LogP contribution in [0.1, 0.15) is 15.9 Å². The molecule has 1 amide bonds. The van der Waals surface area contributed by atoms with Crippen molar-refractivity contribution < 1.29 is 4.79 Å². The Balaban J connectivity index is 1.42. The van der Waals surface area contributed by atoms with Gasteiger partial charge in [-0.1, -0.05) is 18.2 Å². The molecule has 4 rings (SSSR count). The highest BCUT2D eigenvalue weighted by molar-refractivity contribution is 5.93. The summed E-state index contributed by atoms with van der Waals surface area (Å²) in [6.07, 6.45) is 3.26. The first-order valence-corrected chi connectivity index (χ1v) is 8.73. The lowest BCUT2D eigenvalue weighted by atomic mass is 10.1. The number of fused-ring (bicyclic) bond motifs is 1. The van der Waals surface area contributed by atoms with Gasteiger partial charge in [0.1, 0.15) is 0 Å². The zero-order valence-corrected chi connectivity index (χ0v) is 14.4. The summed E-state index contributed by atoms with van der Waals surface area (Å²) in [5, 5.41) is 1.03. The van der Waals surface area contributed by atoms with Crippen LogP contribution in [-0.4, -0.2) is 51.9 Å². The summed E-state index contributed by atoms with van der Waals surface area (Å²) in [6.45, 7) is 3.39. The van der Waals surface area contributed by atoms with Crippen molar-refractivity contribution in [3.63, 3.8) is 0 Å². The van der Waals surface area contributed by atoms with Crippen LogP contribution in [0.4, 0.5) is 0 Å². The van der Waals surface area contributed by atoms with Crippen LogP contribution in [0.2, 0.25) is 0 Å². The summed E-state index contributed by atoms with van der Waals surface area (Å²) in [4.78, 5) is 35.8. The second-order valence-corrected chi connectivity index (χ2v) is 6.52. The third-order valence-corrected chi connectivity index (χ3v) is 4.79. The Morgan fingerprint density at radius 2 is 1.88 bits per heavy atom. The number of hydrogen-bond donors (Lipinski definition) is 1. The van der Waals surface area contributed by atoms with Crippen molar-refractivity contribution in [1.29, 1.82) is 0 Å². The molecule has 6 heteroatoms. The van der Waals surface area contributed by atoms with Gasteiger partial charge in [-0.2, -0.15) is 0 Å². The Hall–Kier alpha value is -2.99. The summed E-state index contributed by atoms with van der Waals surface area (Å²) < 4.78 is 0. The Bertz CT molecular complexity index is 976. The predicted octanol–water partition coefficient (Wildman–Crippen LogP) is 1.88. The molecule has 2 aromatic heterocycles. The van der Waals surface area contributed by atoms with E-state index in [2.05, 4.69) is 14.9 Å². The first-order chi connectivity index (χ1) is 12.7. The third-order valence-electron chi connectivity index (χ3n) is 4.79. The number of carbonyl (C=O) groups excluding carboxylic acids is 1. The summed E-state index contributed by atoms with van der Waals surface area (Å²) in [5.41, 5.74) is 2.19. The predicted molar refractivity (Wildman–Crippen MR) is 100.0 cm³/mol. The van der Waals surface area contributed by atoms with E-state index in [-0.39, 0.29) is 11.5 Å². The number of H-pyrrole nitrogens is 1. The monoisotopic (exact) mass is 348 g/mol. The average Bonchev–Trinajstić information content (AvgIpc) is 2.69. The molecule has 0 saturated carbocycles. The second kappa shape index (κ2) is 7.09. The van der Waals surface area contributed by atoms with Crippen LogP contribution in [0.3, 0.4) is 0 Å². The SMILES string of the molecule is O=C(c1cccnc1)N1CCN(Cc2cc3ccccc3[nH]c2=O)CC1. The van der Waals surface area contributed by atoms with Crippen LogP contribution < -0.4 is 5.56 Å². The normalized spacial score (nSPS) is 15.3. The van der Waals surface area contributed by atoms with Gasteiger partial charge in [-0.05, 0) is 29.7 Å². The molecule has 6 nitrogen and oxygen atoms in total. The molecule has 1 fully saturated rings. The van der Waals surface area contributed by atoms with Gasteiger partial charge in [0.2, 0.25) is 0 Å². The van der Waals surface area contributed by atoms with Crippen LogP contribution in [0, 0.1) is 0 Å². The molecule has 0 atom stereocenters. The molecule has 0 radical (unpaired) electrons. The van der Waals surface area contributed by atoms with Crippen molar-refractivity contribution in [2.24, 2.45) is 0 Å². The second-order valence-electron chi connectivity index (χ2n) is 6.52. The average molecular weight is 348 g/mol. The van der Waals surface area contributed by atoms with Gasteiger partial charge in [-0.3, -0.25) is 19.5 Å². The fourth-order valence-electron chi connectivity index (χ4n) is 3.33. The standard InChI is InChI=1S/C20H20N4O2/c25-19-17(12-15-4-1-2-6-18(15)22-19)14-23-8-10-24(11-9-23)20(26)16-5-3-7-21-13-16/h1-7,12-13H,8-11,14H2,(H,22,25). The van der Waals surface area contributed by atoms with E-state index in [0.717, 1.165) is 29.6 Å². The van der Waals surface area contributed by atoms with Crippen molar-refractivity contribution in [2.45, 2.75) is 6.54 Å². The molecule has 1 aliphatic heterocycles. The topological polar surface area (TPSA) is 69.3 Å². The molecule has 0 aliphatic carbocycles. The summed E-state index contributed by atoms with van der Waals surface area (Å²) in [7, 11) is 0. The molecule has 132 valence electrons. The van der Waals surface area contributed by atoms with Gasteiger partial charge in [0.25, 0.3) is 11.5 Å². The molecular weight excluding hydrogens is 328 g/mol. The molecule has 1 N–H and O–H groups in total. The summed E-state index contributed by atoms with van der Waals surface area (Å²) in [5.74, 6) is 0.0151. The number of pyridine rings is 2. The van der Waals surface area contributed by atoms with Gasteiger partial charge in [-0.15, -0.1) is 0 Å². The quantitative estimate of drug-likeness (QED) is 0.785. The van der Waals surface area contributed by atoms with Crippen molar-refractivity contribution in [3.8, 4) is 0 Å². The third kappa shape index (κ3) is 3.36. The number of hydrogen-bond acceptors (Lipinski definition) is 4. The molecule has 1 aromatic carbocycles. The lowest BCUT2D eigenvalue weighted by Crippen LogP contribution is -2.48. The zero-order valence-electron chi connectivity index (χ0n) is 14.4. The van der Waals surface area contributed by atoms with Crippen molar-refractivity contribution in [3.05, 3.63) is 76.3 Å². The zero-order chi connectivity index (χ0) is 17.9. The molecular formula is C20H20N4O2. The lowest BCUT2D eigenvalue weighted by molar-refractivity contribution is 0.0627. The summed E-state index contributed by atoms with van der Waals surface area (Å²) >= 11 is 0. The Labute approximate surface area is 151 Å². The molecule has 0 spiro atoms. The van der Waals surface area contributed by atoms with Gasteiger partial charge in [-0.25, -0.2) is 0 Å². The Morgan fingerprint density at radius 3 is 2.65 bits per heavy atom. The van der Waals surface area contributed by atoms with E-state index in [9.17, 15) is 9.59 Å². The molecule has 0 bridgehead atoms. The van der Waals surface area contributed by atoms with Crippen LogP contribution in [-0.2, 0) is 6.54 Å². The number of piperazine rings is 1. The number of aromatic amines is 1. The van der Waals surface area contributed by atoms with Crippen molar-refractivity contribution in [1.82, 2.24) is 19.8 Å². The van der Waals surface area contributed by atoms with Gasteiger partial charge in [0, 0.05) is 56.2 Å². The Kier molecular flexibility index (Phi) is 4.50. The lowest BCUT2D eigenvalue weighted by Gasteiger charge is -2.34. The number of aromatic nitrogens is 2. The van der Waals surface area contributed by atoms with Gasteiger partial charge >= 0.3 is 0 Å². The molecule has 26 heavy (non-hydrogen) atoms. The van der Waals surface area contributed by atoms with Gasteiger partial charge in [0.15, 0.2) is 0 Å². The summed E-state index contributed by atoms with van der Waals surface area (Å²) in [6, 6.07) is 13.3. The van der Waals surface area contributed by atoms with E-state index in [1.165, 1.54) is 0 Å². The van der Waals surface area contributed by atoms with E-state index >= 15 is 0 Å². The minimum atomic E-state index is -0.0439. The highest BCUT2D eigenvalue weighted by Gasteiger charge is 2.22. The molecule has 1 saturated heterocycles. The van der Waals surface area contributed by atoms with E-state index in [0.29, 0.717) is 25.2 Å². The van der Waals surface area contributed by atoms with Crippen molar-refractivity contribution >= 4 is 16.8 Å². The van der Waals surface area contributed by atoms with E-state index < -0.39 is 0 Å². The molecule has 1 aliphatic rings. The molecule has 3 aromatic rings. The van der Waals surface area contributed by atoms with E-state index in [1.54, 1.807) is 24.5 Å². The minimum absolute atomic E-state index is 0.0151. The van der Waals surface area contributed by atoms with Crippen LogP contribution in [0.15, 0.2) is 59.7 Å². The number of nitrogens with one attached hydrogen (secondary N) is 1. The highest BCUT2D eigenvalue weighted by Crippen LogP contribution is 2.13. The number of amides is 1. The van der Waals surface area contributed by atoms with Gasteiger partial charge < -0.3 is 9.88 Å². The maximum atomic E-state index is 12.5. The largest absolute Gasteiger partial charge is 0.336 e.